The minimum Gasteiger partial charge on any atom is -0.513 e. The highest BCUT2D eigenvalue weighted by atomic mass is 35.5. The normalized spacial score (nSPS) is 17.0. The Balaban J connectivity index is 1.91. The van der Waals surface area contributed by atoms with Crippen LogP contribution in [0, 0.1) is 12.7 Å². The number of carbonyl (C=O) groups excluding carboxylic acids is 2. The van der Waals surface area contributed by atoms with Crippen molar-refractivity contribution in [3.8, 4) is 0 Å². The highest BCUT2D eigenvalue weighted by Gasteiger charge is 2.41. The topological polar surface area (TPSA) is 73.7 Å². The van der Waals surface area contributed by atoms with Crippen molar-refractivity contribution in [3.05, 3.63) is 70.8 Å². The van der Waals surface area contributed by atoms with Gasteiger partial charge in [0.15, 0.2) is 11.6 Å². The molecule has 0 spiro atoms. The van der Waals surface area contributed by atoms with Crippen LogP contribution in [-0.4, -0.2) is 39.4 Å². The lowest BCUT2D eigenvalue weighted by Crippen LogP contribution is -2.60. The summed E-state index contributed by atoms with van der Waals surface area (Å²) in [7, 11) is 0. The van der Waals surface area contributed by atoms with Crippen molar-refractivity contribution in [2.45, 2.75) is 32.4 Å². The zero-order chi connectivity index (χ0) is 21.1. The summed E-state index contributed by atoms with van der Waals surface area (Å²) in [6, 6.07) is 7.80. The molecule has 0 unspecified atom stereocenters. The Morgan fingerprint density at radius 1 is 1.34 bits per heavy atom. The highest BCUT2D eigenvalue weighted by Crippen LogP contribution is 2.27. The fourth-order valence-corrected chi connectivity index (χ4v) is 3.39. The van der Waals surface area contributed by atoms with Crippen LogP contribution in [0.15, 0.2) is 48.9 Å². The number of hydrogen-bond donors (Lipinski definition) is 1. The van der Waals surface area contributed by atoms with E-state index in [4.69, 9.17) is 11.6 Å². The lowest BCUT2D eigenvalue weighted by molar-refractivity contribution is -0.144. The Kier molecular flexibility index (Phi) is 6.17. The molecule has 1 aromatic heterocycles. The Bertz CT molecular complexity index is 949. The lowest BCUT2D eigenvalue weighted by Gasteiger charge is -2.40. The summed E-state index contributed by atoms with van der Waals surface area (Å²) in [5.41, 5.74) is 1.95. The smallest absolute Gasteiger partial charge is 0.251 e. The first-order chi connectivity index (χ1) is 13.8. The molecule has 0 radical (unpaired) electrons. The van der Waals surface area contributed by atoms with Crippen molar-refractivity contribution in [2.75, 3.05) is 11.4 Å². The van der Waals surface area contributed by atoms with E-state index >= 15 is 0 Å². The average Bonchev–Trinajstić information content (AvgIpc) is 2.66. The van der Waals surface area contributed by atoms with Crippen LogP contribution in [0.5, 0.6) is 0 Å². The van der Waals surface area contributed by atoms with Crippen molar-refractivity contribution in [3.63, 3.8) is 0 Å². The quantitative estimate of drug-likeness (QED) is 0.726. The number of benzene rings is 1. The van der Waals surface area contributed by atoms with Gasteiger partial charge in [0.1, 0.15) is 12.6 Å². The molecular formula is C21H21ClFN3O3. The van der Waals surface area contributed by atoms with Crippen LogP contribution in [0.4, 0.5) is 10.2 Å². The van der Waals surface area contributed by atoms with E-state index in [1.807, 2.05) is 31.2 Å². The average molecular weight is 418 g/mol. The van der Waals surface area contributed by atoms with E-state index in [1.165, 1.54) is 11.1 Å². The van der Waals surface area contributed by atoms with Gasteiger partial charge in [0, 0.05) is 19.2 Å². The molecule has 152 valence electrons. The first-order valence-electron chi connectivity index (χ1n) is 9.10. The van der Waals surface area contributed by atoms with Crippen molar-refractivity contribution < 1.29 is 19.1 Å². The maximum Gasteiger partial charge on any atom is 0.251 e. The Morgan fingerprint density at radius 3 is 2.66 bits per heavy atom. The number of amides is 2. The molecule has 1 saturated heterocycles. The second-order valence-corrected chi connectivity index (χ2v) is 7.45. The molecule has 2 heterocycles. The van der Waals surface area contributed by atoms with Crippen LogP contribution in [0.3, 0.4) is 0 Å². The largest absolute Gasteiger partial charge is 0.513 e. The fraction of sp³-hybridized carbons (Fsp3) is 0.286. The standard InChI is InChI=1S/C21H21ClFN3O3/c1-13-3-6-15(7-4-13)11-25-18(8-5-14(2)27)21(29)26(12-19(25)28)20-17(23)9-16(22)10-24-20/h3-4,6-7,9-10,18,27H,2,5,8,11-12H2,1H3/t18-/m1/s1. The summed E-state index contributed by atoms with van der Waals surface area (Å²) in [5, 5.41) is 9.58. The minimum atomic E-state index is -0.877. The molecule has 0 aliphatic carbocycles. The van der Waals surface area contributed by atoms with Crippen LogP contribution < -0.4 is 4.90 Å². The Hall–Kier alpha value is -2.93. The number of allylic oxidation sites excluding steroid dienone is 1. The molecule has 6 nitrogen and oxygen atoms in total. The van der Waals surface area contributed by atoms with Gasteiger partial charge in [-0.1, -0.05) is 48.0 Å². The van der Waals surface area contributed by atoms with E-state index in [0.29, 0.717) is 0 Å². The second kappa shape index (κ2) is 8.61. The van der Waals surface area contributed by atoms with Gasteiger partial charge in [-0.05, 0) is 25.0 Å². The molecule has 3 rings (SSSR count). The molecule has 2 amide bonds. The predicted molar refractivity (Wildman–Crippen MR) is 108 cm³/mol. The van der Waals surface area contributed by atoms with Crippen LogP contribution in [0.2, 0.25) is 5.02 Å². The first-order valence-corrected chi connectivity index (χ1v) is 9.48. The van der Waals surface area contributed by atoms with Gasteiger partial charge >= 0.3 is 0 Å². The Labute approximate surface area is 173 Å². The fourth-order valence-electron chi connectivity index (χ4n) is 3.25. The molecule has 0 saturated carbocycles. The number of nitrogens with zero attached hydrogens (tertiary/aromatic N) is 3. The number of aliphatic hydroxyl groups excluding tert-OH is 1. The van der Waals surface area contributed by atoms with Gasteiger partial charge in [-0.25, -0.2) is 9.37 Å². The maximum atomic E-state index is 14.3. The zero-order valence-corrected chi connectivity index (χ0v) is 16.7. The van der Waals surface area contributed by atoms with Crippen LogP contribution in [0.25, 0.3) is 0 Å². The van der Waals surface area contributed by atoms with Gasteiger partial charge in [-0.3, -0.25) is 14.5 Å². The van der Waals surface area contributed by atoms with Crippen molar-refractivity contribution in [1.29, 1.82) is 0 Å². The number of anilines is 1. The number of piperazine rings is 1. The molecule has 1 aliphatic rings. The van der Waals surface area contributed by atoms with Crippen LogP contribution >= 0.6 is 11.6 Å². The van der Waals surface area contributed by atoms with Gasteiger partial charge in [0.2, 0.25) is 5.91 Å². The van der Waals surface area contributed by atoms with E-state index in [2.05, 4.69) is 11.6 Å². The second-order valence-electron chi connectivity index (χ2n) is 7.01. The molecule has 0 bridgehead atoms. The molecule has 1 aliphatic heterocycles. The van der Waals surface area contributed by atoms with Gasteiger partial charge in [-0.2, -0.15) is 0 Å². The van der Waals surface area contributed by atoms with Gasteiger partial charge in [0.05, 0.1) is 10.8 Å². The summed E-state index contributed by atoms with van der Waals surface area (Å²) < 4.78 is 14.3. The number of aromatic nitrogens is 1. The number of rotatable bonds is 6. The monoisotopic (exact) mass is 417 g/mol. The van der Waals surface area contributed by atoms with Crippen molar-refractivity contribution in [1.82, 2.24) is 9.88 Å². The molecule has 29 heavy (non-hydrogen) atoms. The third-order valence-corrected chi connectivity index (χ3v) is 4.97. The van der Waals surface area contributed by atoms with Crippen molar-refractivity contribution in [2.24, 2.45) is 0 Å². The van der Waals surface area contributed by atoms with E-state index < -0.39 is 17.8 Å². The van der Waals surface area contributed by atoms with Crippen molar-refractivity contribution >= 4 is 29.2 Å². The summed E-state index contributed by atoms with van der Waals surface area (Å²) in [6.07, 6.45) is 1.52. The van der Waals surface area contributed by atoms with E-state index in [0.717, 1.165) is 22.1 Å². The van der Waals surface area contributed by atoms with Crippen LogP contribution in [-0.2, 0) is 16.1 Å². The highest BCUT2D eigenvalue weighted by molar-refractivity contribution is 6.30. The minimum absolute atomic E-state index is 0.0894. The summed E-state index contributed by atoms with van der Waals surface area (Å²) in [6.45, 7) is 5.31. The van der Waals surface area contributed by atoms with Gasteiger partial charge in [-0.15, -0.1) is 0 Å². The third kappa shape index (κ3) is 4.74. The number of pyridine rings is 1. The first kappa shape index (κ1) is 20.8. The Morgan fingerprint density at radius 2 is 2.03 bits per heavy atom. The summed E-state index contributed by atoms with van der Waals surface area (Å²) in [5.74, 6) is -1.92. The molecule has 1 atom stereocenters. The van der Waals surface area contributed by atoms with Gasteiger partial charge in [0.25, 0.3) is 5.91 Å². The van der Waals surface area contributed by atoms with E-state index in [1.54, 1.807) is 0 Å². The molecular weight excluding hydrogens is 397 g/mol. The number of hydrogen-bond acceptors (Lipinski definition) is 4. The molecule has 8 heteroatoms. The van der Waals surface area contributed by atoms with Gasteiger partial charge < -0.3 is 10.0 Å². The summed E-state index contributed by atoms with van der Waals surface area (Å²) in [4.78, 5) is 32.4. The SMILES string of the molecule is C=C(O)CC[C@@H]1C(=O)N(c2ncc(Cl)cc2F)CC(=O)N1Cc1ccc(C)cc1. The number of carbonyl (C=O) groups is 2. The molecule has 2 aromatic rings. The maximum absolute atomic E-state index is 14.3. The molecule has 1 N–H and O–H groups in total. The predicted octanol–water partition coefficient (Wildman–Crippen LogP) is 3.78. The summed E-state index contributed by atoms with van der Waals surface area (Å²) >= 11 is 5.74. The number of halogens is 2. The number of aliphatic hydroxyl groups is 1. The lowest BCUT2D eigenvalue weighted by atomic mass is 10.0. The zero-order valence-electron chi connectivity index (χ0n) is 15.9. The van der Waals surface area contributed by atoms with E-state index in [9.17, 15) is 19.1 Å². The molecule has 1 aromatic carbocycles. The third-order valence-electron chi connectivity index (χ3n) is 4.76. The van der Waals surface area contributed by atoms with Crippen LogP contribution in [0.1, 0.15) is 24.0 Å². The molecule has 1 fully saturated rings. The van der Waals surface area contributed by atoms with E-state index in [-0.39, 0.29) is 48.4 Å². The number of aryl methyl sites for hydroxylation is 1.